The van der Waals surface area contributed by atoms with Crippen molar-refractivity contribution in [1.82, 2.24) is 39.7 Å². The van der Waals surface area contributed by atoms with Crippen LogP contribution in [-0.4, -0.2) is 85.5 Å². The third-order valence-electron chi connectivity index (χ3n) is 8.11. The molecule has 248 valence electrons. The van der Waals surface area contributed by atoms with Gasteiger partial charge in [-0.1, -0.05) is 6.92 Å². The van der Waals surface area contributed by atoms with E-state index in [2.05, 4.69) is 31.0 Å². The second kappa shape index (κ2) is 12.6. The Morgan fingerprint density at radius 3 is 2.70 bits per heavy atom. The number of likely N-dealkylation sites (tertiary alicyclic amines) is 1. The third kappa shape index (κ3) is 6.19. The van der Waals surface area contributed by atoms with Gasteiger partial charge in [0.1, 0.15) is 6.54 Å². The molecule has 2 atom stereocenters. The van der Waals surface area contributed by atoms with Gasteiger partial charge < -0.3 is 25.6 Å². The van der Waals surface area contributed by atoms with Gasteiger partial charge in [0, 0.05) is 54.9 Å². The Morgan fingerprint density at radius 2 is 2.04 bits per heavy atom. The molecule has 0 radical (unpaired) electrons. The minimum Gasteiger partial charge on any atom is -0.426 e. The van der Waals surface area contributed by atoms with Crippen LogP contribution in [0.15, 0.2) is 36.9 Å². The standard InChI is InChI=1S/C29H28F5N9O4/c1-2-17-18(28(46)38-10-23(45)43-11-15-7-16(43)8-36-15)3-4-20(24(17)47-14-44)39-26-27-37-9-21(42(27)6-5-35-26)19-12-41(13-22(30)31)40-25(19)29(32,33)34/h3-6,9,12,14-16,22,36H,2,7-8,10-11,13H2,1H3,(H,35,39)(H,38,46). The van der Waals surface area contributed by atoms with Crippen LogP contribution in [0.2, 0.25) is 0 Å². The number of anilines is 2. The average molecular weight is 662 g/mol. The first-order valence-electron chi connectivity index (χ1n) is 14.6. The number of fused-ring (bicyclic) bond motifs is 3. The molecule has 2 aliphatic rings. The van der Waals surface area contributed by atoms with Crippen LogP contribution < -0.4 is 20.7 Å². The van der Waals surface area contributed by atoms with Gasteiger partial charge in [0.15, 0.2) is 22.9 Å². The molecule has 1 aromatic carbocycles. The van der Waals surface area contributed by atoms with Gasteiger partial charge in [-0.15, -0.1) is 0 Å². The van der Waals surface area contributed by atoms with Crippen LogP contribution in [0.25, 0.3) is 16.9 Å². The maximum absolute atomic E-state index is 13.8. The Balaban J connectivity index is 1.28. The fourth-order valence-electron chi connectivity index (χ4n) is 6.08. The van der Waals surface area contributed by atoms with E-state index >= 15 is 0 Å². The molecule has 2 unspecified atom stereocenters. The fourth-order valence-corrected chi connectivity index (χ4v) is 6.08. The number of ether oxygens (including phenoxy) is 1. The minimum absolute atomic E-state index is 0.00683. The lowest BCUT2D eigenvalue weighted by Crippen LogP contribution is -2.49. The van der Waals surface area contributed by atoms with Gasteiger partial charge in [-0.25, -0.2) is 18.7 Å². The first-order chi connectivity index (χ1) is 22.5. The van der Waals surface area contributed by atoms with Gasteiger partial charge in [-0.2, -0.15) is 18.3 Å². The Morgan fingerprint density at radius 1 is 1.23 bits per heavy atom. The molecule has 18 heteroatoms. The number of piperazine rings is 1. The summed E-state index contributed by atoms with van der Waals surface area (Å²) in [4.78, 5) is 47.7. The number of hydrogen-bond acceptors (Lipinski definition) is 9. The molecule has 0 aliphatic carbocycles. The van der Waals surface area contributed by atoms with E-state index in [9.17, 15) is 36.3 Å². The van der Waals surface area contributed by atoms with Crippen LogP contribution in [0, 0.1) is 0 Å². The molecule has 2 aliphatic heterocycles. The molecular formula is C29H28F5N9O4. The predicted octanol–water partition coefficient (Wildman–Crippen LogP) is 3.02. The van der Waals surface area contributed by atoms with Crippen molar-refractivity contribution in [3.63, 3.8) is 0 Å². The second-order valence-electron chi connectivity index (χ2n) is 11.0. The van der Waals surface area contributed by atoms with Crippen LogP contribution in [0.4, 0.5) is 33.5 Å². The Hall–Kier alpha value is -5.13. The first-order valence-corrected chi connectivity index (χ1v) is 14.6. The predicted molar refractivity (Wildman–Crippen MR) is 155 cm³/mol. The number of aromatic nitrogens is 5. The number of benzene rings is 1. The highest BCUT2D eigenvalue weighted by atomic mass is 19.4. The van der Waals surface area contributed by atoms with E-state index in [1.54, 1.807) is 11.8 Å². The Kier molecular flexibility index (Phi) is 8.52. The molecule has 0 spiro atoms. The molecule has 3 N–H and O–H groups in total. The van der Waals surface area contributed by atoms with Gasteiger partial charge in [0.25, 0.3) is 18.8 Å². The molecule has 5 heterocycles. The monoisotopic (exact) mass is 661 g/mol. The number of imidazole rings is 1. The maximum atomic E-state index is 13.8. The fraction of sp³-hybridized carbons (Fsp3) is 0.379. The summed E-state index contributed by atoms with van der Waals surface area (Å²) in [5.74, 6) is -0.712. The molecular weight excluding hydrogens is 633 g/mol. The van der Waals surface area contributed by atoms with E-state index in [1.807, 2.05) is 0 Å². The Labute approximate surface area is 263 Å². The molecule has 2 amide bonds. The molecule has 13 nitrogen and oxygen atoms in total. The Bertz CT molecular complexity index is 1840. The highest BCUT2D eigenvalue weighted by molar-refractivity contribution is 5.99. The van der Waals surface area contributed by atoms with Gasteiger partial charge >= 0.3 is 6.18 Å². The van der Waals surface area contributed by atoms with Gasteiger partial charge in [0.05, 0.1) is 29.7 Å². The summed E-state index contributed by atoms with van der Waals surface area (Å²) in [6.07, 6.45) is -2.13. The summed E-state index contributed by atoms with van der Waals surface area (Å²) in [7, 11) is 0. The summed E-state index contributed by atoms with van der Waals surface area (Å²) in [6, 6.07) is 3.29. The first kappa shape index (κ1) is 31.8. The number of nitrogens with zero attached hydrogens (tertiary/aromatic N) is 6. The topological polar surface area (TPSA) is 148 Å². The van der Waals surface area contributed by atoms with E-state index < -0.39 is 36.3 Å². The zero-order chi connectivity index (χ0) is 33.5. The second-order valence-corrected chi connectivity index (χ2v) is 11.0. The van der Waals surface area contributed by atoms with Gasteiger partial charge in [-0.05, 0) is 25.0 Å². The van der Waals surface area contributed by atoms with E-state index in [0.29, 0.717) is 23.3 Å². The van der Waals surface area contributed by atoms with Crippen molar-refractivity contribution in [2.75, 3.05) is 25.0 Å². The van der Waals surface area contributed by atoms with E-state index in [4.69, 9.17) is 4.74 Å². The van der Waals surface area contributed by atoms with Crippen molar-refractivity contribution < 1.29 is 41.1 Å². The third-order valence-corrected chi connectivity index (χ3v) is 8.11. The lowest BCUT2D eigenvalue weighted by Gasteiger charge is -2.27. The number of nitrogens with one attached hydrogen (secondary N) is 3. The summed E-state index contributed by atoms with van der Waals surface area (Å²) in [5, 5.41) is 12.3. The molecule has 2 saturated heterocycles. The molecule has 0 saturated carbocycles. The van der Waals surface area contributed by atoms with Crippen molar-refractivity contribution in [2.24, 2.45) is 0 Å². The van der Waals surface area contributed by atoms with Crippen LogP contribution in [0.1, 0.15) is 35.0 Å². The summed E-state index contributed by atoms with van der Waals surface area (Å²) >= 11 is 0. The number of rotatable bonds is 11. The van der Waals surface area contributed by atoms with Crippen LogP contribution in [-0.2, 0) is 28.7 Å². The lowest BCUT2D eigenvalue weighted by molar-refractivity contribution is -0.141. The zero-order valence-electron chi connectivity index (χ0n) is 24.7. The molecule has 3 aromatic heterocycles. The average Bonchev–Trinajstić information content (AvgIpc) is 3.84. The lowest BCUT2D eigenvalue weighted by atomic mass is 10.0. The molecule has 2 fully saturated rings. The minimum atomic E-state index is -4.94. The van der Waals surface area contributed by atoms with Crippen LogP contribution in [0.5, 0.6) is 5.75 Å². The van der Waals surface area contributed by atoms with Crippen molar-refractivity contribution >= 4 is 35.4 Å². The zero-order valence-corrected chi connectivity index (χ0v) is 24.7. The van der Waals surface area contributed by atoms with Gasteiger partial charge in [-0.3, -0.25) is 23.5 Å². The maximum Gasteiger partial charge on any atom is 0.435 e. The molecule has 2 bridgehead atoms. The van der Waals surface area contributed by atoms with Crippen molar-refractivity contribution in [2.45, 2.75) is 51.0 Å². The molecule has 4 aromatic rings. The van der Waals surface area contributed by atoms with Crippen molar-refractivity contribution in [1.29, 1.82) is 0 Å². The van der Waals surface area contributed by atoms with Crippen molar-refractivity contribution in [3.05, 3.63) is 53.7 Å². The van der Waals surface area contributed by atoms with Gasteiger partial charge in [0.2, 0.25) is 5.91 Å². The smallest absolute Gasteiger partial charge is 0.426 e. The number of carbonyl (C=O) groups excluding carboxylic acids is 3. The quantitative estimate of drug-likeness (QED) is 0.163. The van der Waals surface area contributed by atoms with E-state index in [1.165, 1.54) is 28.9 Å². The van der Waals surface area contributed by atoms with Crippen LogP contribution >= 0.6 is 0 Å². The number of hydrogen-bond donors (Lipinski definition) is 3. The number of halogens is 5. The highest BCUT2D eigenvalue weighted by Gasteiger charge is 2.40. The van der Waals surface area contributed by atoms with Crippen LogP contribution in [0.3, 0.4) is 0 Å². The molecule has 47 heavy (non-hydrogen) atoms. The van der Waals surface area contributed by atoms with Crippen molar-refractivity contribution in [3.8, 4) is 17.0 Å². The SMILES string of the molecule is CCc1c(C(=O)NCC(=O)N2CC3CC2CN3)ccc(Nc2nccn3c(-c4cn(CC(F)F)nc4C(F)(F)F)cnc23)c1OC=O. The largest absolute Gasteiger partial charge is 0.435 e. The number of alkyl halides is 5. The number of carbonyl (C=O) groups is 3. The normalized spacial score (nSPS) is 17.5. The highest BCUT2D eigenvalue weighted by Crippen LogP contribution is 2.38. The van der Waals surface area contributed by atoms with E-state index in [0.717, 1.165) is 18.8 Å². The molecule has 6 rings (SSSR count). The summed E-state index contributed by atoms with van der Waals surface area (Å²) < 4.78 is 74.4. The summed E-state index contributed by atoms with van der Waals surface area (Å²) in [5.41, 5.74) is -1.16. The van der Waals surface area contributed by atoms with E-state index in [-0.39, 0.29) is 71.6 Å². The summed E-state index contributed by atoms with van der Waals surface area (Å²) in [6.45, 7) is 1.98. The number of amides is 2.